The molecule has 0 saturated heterocycles. The first-order chi connectivity index (χ1) is 10.0. The Morgan fingerprint density at radius 2 is 2.19 bits per heavy atom. The van der Waals surface area contributed by atoms with Crippen LogP contribution in [-0.4, -0.2) is 20.7 Å². The van der Waals surface area contributed by atoms with E-state index in [0.717, 1.165) is 23.4 Å². The topological polar surface area (TPSA) is 97.9 Å². The van der Waals surface area contributed by atoms with Crippen LogP contribution in [0.5, 0.6) is 0 Å². The third kappa shape index (κ3) is 3.57. The Bertz CT molecular complexity index is 649. The van der Waals surface area contributed by atoms with E-state index in [-0.39, 0.29) is 5.91 Å². The molecular weight excluding hydrogens is 268 g/mol. The number of carbonyl (C=O) groups excluding carboxylic acids is 1. The highest BCUT2D eigenvalue weighted by atomic mass is 16.1. The summed E-state index contributed by atoms with van der Waals surface area (Å²) >= 11 is 0. The van der Waals surface area contributed by atoms with Crippen molar-refractivity contribution in [1.82, 2.24) is 20.1 Å². The van der Waals surface area contributed by atoms with E-state index in [0.29, 0.717) is 17.9 Å². The molecule has 2 aromatic rings. The van der Waals surface area contributed by atoms with E-state index in [4.69, 9.17) is 5.84 Å². The number of pyridine rings is 1. The van der Waals surface area contributed by atoms with E-state index in [1.165, 1.54) is 0 Å². The van der Waals surface area contributed by atoms with Gasteiger partial charge in [-0.3, -0.25) is 9.48 Å². The SMILES string of the molecule is CCc1nn(C)cc1CNC(=O)c1cc(C)nc(NN)c1. The molecule has 0 atom stereocenters. The molecule has 0 unspecified atom stereocenters. The summed E-state index contributed by atoms with van der Waals surface area (Å²) in [5, 5.41) is 7.24. The maximum Gasteiger partial charge on any atom is 0.251 e. The number of nitrogen functional groups attached to an aromatic ring is 1. The number of nitrogens with zero attached hydrogens (tertiary/aromatic N) is 3. The number of hydrogen-bond donors (Lipinski definition) is 3. The third-order valence-electron chi connectivity index (χ3n) is 3.13. The van der Waals surface area contributed by atoms with Crippen LogP contribution in [0.4, 0.5) is 5.82 Å². The van der Waals surface area contributed by atoms with Crippen LogP contribution in [-0.2, 0) is 20.0 Å². The van der Waals surface area contributed by atoms with Crippen molar-refractivity contribution in [2.45, 2.75) is 26.8 Å². The average molecular weight is 288 g/mol. The summed E-state index contributed by atoms with van der Waals surface area (Å²) in [5.41, 5.74) is 5.73. The van der Waals surface area contributed by atoms with Crippen molar-refractivity contribution in [2.24, 2.45) is 12.9 Å². The number of aromatic nitrogens is 3. The van der Waals surface area contributed by atoms with Crippen LogP contribution < -0.4 is 16.6 Å². The standard InChI is InChI=1S/C14H20N6O/c1-4-12-11(8-20(3)19-12)7-16-14(21)10-5-9(2)17-13(6-10)18-15/h5-6,8H,4,7,15H2,1-3H3,(H,16,21)(H,17,18). The van der Waals surface area contributed by atoms with Gasteiger partial charge in [-0.1, -0.05) is 6.92 Å². The van der Waals surface area contributed by atoms with Crippen molar-refractivity contribution in [3.63, 3.8) is 0 Å². The largest absolute Gasteiger partial charge is 0.348 e. The van der Waals surface area contributed by atoms with E-state index in [1.54, 1.807) is 16.8 Å². The molecule has 2 rings (SSSR count). The summed E-state index contributed by atoms with van der Waals surface area (Å²) < 4.78 is 1.76. The van der Waals surface area contributed by atoms with Gasteiger partial charge in [0, 0.05) is 36.6 Å². The first-order valence-electron chi connectivity index (χ1n) is 6.78. The number of anilines is 1. The number of nitrogens with two attached hydrogens (primary N) is 1. The molecule has 4 N–H and O–H groups in total. The van der Waals surface area contributed by atoms with Crippen molar-refractivity contribution in [2.75, 3.05) is 5.43 Å². The van der Waals surface area contributed by atoms with Crippen LogP contribution in [0.2, 0.25) is 0 Å². The summed E-state index contributed by atoms with van der Waals surface area (Å²) in [7, 11) is 1.87. The van der Waals surface area contributed by atoms with E-state index >= 15 is 0 Å². The number of rotatable bonds is 5. The second-order valence-corrected chi connectivity index (χ2v) is 4.84. The number of hydrazine groups is 1. The van der Waals surface area contributed by atoms with Crippen molar-refractivity contribution in [3.8, 4) is 0 Å². The minimum absolute atomic E-state index is 0.164. The Kier molecular flexibility index (Phi) is 4.54. The molecule has 0 aromatic carbocycles. The molecule has 0 saturated carbocycles. The molecule has 0 radical (unpaired) electrons. The van der Waals surface area contributed by atoms with Crippen molar-refractivity contribution in [3.05, 3.63) is 40.8 Å². The van der Waals surface area contributed by atoms with Gasteiger partial charge in [0.15, 0.2) is 0 Å². The van der Waals surface area contributed by atoms with E-state index in [9.17, 15) is 4.79 Å². The van der Waals surface area contributed by atoms with Crippen LogP contribution in [0.3, 0.4) is 0 Å². The quantitative estimate of drug-likeness (QED) is 0.561. The van der Waals surface area contributed by atoms with Crippen molar-refractivity contribution >= 4 is 11.7 Å². The fourth-order valence-electron chi connectivity index (χ4n) is 2.18. The summed E-state index contributed by atoms with van der Waals surface area (Å²) in [6.07, 6.45) is 2.76. The lowest BCUT2D eigenvalue weighted by Crippen LogP contribution is -2.23. The van der Waals surface area contributed by atoms with Crippen LogP contribution in [0.1, 0.15) is 34.2 Å². The lowest BCUT2D eigenvalue weighted by Gasteiger charge is -2.07. The molecule has 112 valence electrons. The lowest BCUT2D eigenvalue weighted by atomic mass is 10.2. The summed E-state index contributed by atoms with van der Waals surface area (Å²) in [4.78, 5) is 16.4. The van der Waals surface area contributed by atoms with Gasteiger partial charge in [0.05, 0.1) is 5.69 Å². The second-order valence-electron chi connectivity index (χ2n) is 4.84. The molecule has 0 fully saturated rings. The molecule has 0 bridgehead atoms. The van der Waals surface area contributed by atoms with Gasteiger partial charge >= 0.3 is 0 Å². The zero-order valence-electron chi connectivity index (χ0n) is 12.5. The lowest BCUT2D eigenvalue weighted by molar-refractivity contribution is 0.0950. The van der Waals surface area contributed by atoms with Gasteiger partial charge in [-0.2, -0.15) is 5.10 Å². The molecule has 2 heterocycles. The van der Waals surface area contributed by atoms with Crippen molar-refractivity contribution in [1.29, 1.82) is 0 Å². The van der Waals surface area contributed by atoms with Gasteiger partial charge in [-0.15, -0.1) is 0 Å². The van der Waals surface area contributed by atoms with Gasteiger partial charge in [0.25, 0.3) is 5.91 Å². The molecule has 0 aliphatic carbocycles. The number of aryl methyl sites for hydroxylation is 3. The molecule has 1 amide bonds. The van der Waals surface area contributed by atoms with E-state index in [1.807, 2.05) is 27.1 Å². The highest BCUT2D eigenvalue weighted by Crippen LogP contribution is 2.10. The van der Waals surface area contributed by atoms with Gasteiger partial charge in [0.2, 0.25) is 0 Å². The Morgan fingerprint density at radius 3 is 2.86 bits per heavy atom. The van der Waals surface area contributed by atoms with Gasteiger partial charge < -0.3 is 10.7 Å². The maximum atomic E-state index is 12.2. The number of hydrogen-bond acceptors (Lipinski definition) is 5. The van der Waals surface area contributed by atoms with Crippen LogP contribution in [0.25, 0.3) is 0 Å². The number of nitrogens with one attached hydrogen (secondary N) is 2. The zero-order chi connectivity index (χ0) is 15.4. The van der Waals surface area contributed by atoms with Crippen LogP contribution >= 0.6 is 0 Å². The highest BCUT2D eigenvalue weighted by Gasteiger charge is 2.11. The fourth-order valence-corrected chi connectivity index (χ4v) is 2.18. The second kappa shape index (κ2) is 6.36. The molecule has 7 nitrogen and oxygen atoms in total. The predicted molar refractivity (Wildman–Crippen MR) is 80.5 cm³/mol. The zero-order valence-corrected chi connectivity index (χ0v) is 12.5. The normalized spacial score (nSPS) is 10.5. The first-order valence-corrected chi connectivity index (χ1v) is 6.78. The Hall–Kier alpha value is -2.41. The van der Waals surface area contributed by atoms with Gasteiger partial charge in [0.1, 0.15) is 5.82 Å². The van der Waals surface area contributed by atoms with E-state index < -0.39 is 0 Å². The minimum atomic E-state index is -0.164. The monoisotopic (exact) mass is 288 g/mol. The fraction of sp³-hybridized carbons (Fsp3) is 0.357. The smallest absolute Gasteiger partial charge is 0.251 e. The van der Waals surface area contributed by atoms with Crippen LogP contribution in [0.15, 0.2) is 18.3 Å². The Balaban J connectivity index is 2.09. The molecule has 0 spiro atoms. The number of amides is 1. The maximum absolute atomic E-state index is 12.2. The Morgan fingerprint density at radius 1 is 1.43 bits per heavy atom. The van der Waals surface area contributed by atoms with E-state index in [2.05, 4.69) is 20.8 Å². The van der Waals surface area contributed by atoms with Crippen LogP contribution in [0, 0.1) is 6.92 Å². The van der Waals surface area contributed by atoms with Crippen molar-refractivity contribution < 1.29 is 4.79 Å². The summed E-state index contributed by atoms with van der Waals surface area (Å²) in [5.74, 6) is 5.64. The Labute approximate surface area is 123 Å². The molecule has 7 heteroatoms. The molecule has 21 heavy (non-hydrogen) atoms. The summed E-state index contributed by atoms with van der Waals surface area (Å²) in [6, 6.07) is 3.34. The molecule has 2 aromatic heterocycles. The molecular formula is C14H20N6O. The number of carbonyl (C=O) groups is 1. The molecule has 0 aliphatic rings. The van der Waals surface area contributed by atoms with Gasteiger partial charge in [-0.05, 0) is 25.5 Å². The highest BCUT2D eigenvalue weighted by molar-refractivity contribution is 5.94. The minimum Gasteiger partial charge on any atom is -0.348 e. The predicted octanol–water partition coefficient (Wildman–Crippen LogP) is 0.902. The average Bonchev–Trinajstić information content (AvgIpc) is 2.84. The molecule has 0 aliphatic heterocycles. The first kappa shape index (κ1) is 15.0. The third-order valence-corrected chi connectivity index (χ3v) is 3.13. The summed E-state index contributed by atoms with van der Waals surface area (Å²) in [6.45, 7) is 4.30. The van der Waals surface area contributed by atoms with Gasteiger partial charge in [-0.25, -0.2) is 10.8 Å².